The molecule has 3 atom stereocenters. The number of likely N-dealkylation sites (tertiary alicyclic amines) is 1. The van der Waals surface area contributed by atoms with Crippen LogP contribution in [-0.2, 0) is 0 Å². The summed E-state index contributed by atoms with van der Waals surface area (Å²) in [6.07, 6.45) is 9.24. The molecule has 3 unspecified atom stereocenters. The van der Waals surface area contributed by atoms with Crippen LogP contribution in [0.4, 0.5) is 0 Å². The second-order valence-electron chi connectivity index (χ2n) is 6.45. The summed E-state index contributed by atoms with van der Waals surface area (Å²) in [4.78, 5) is 2.55. The fourth-order valence-electron chi connectivity index (χ4n) is 4.03. The SMILES string of the molecule is NCC(O)(CN1CCC2CCCCC21)C1CC1. The first-order valence-electron chi connectivity index (χ1n) is 7.39. The summed E-state index contributed by atoms with van der Waals surface area (Å²) in [6, 6.07) is 0.751. The molecular weight excluding hydrogens is 212 g/mol. The van der Waals surface area contributed by atoms with Gasteiger partial charge in [0.2, 0.25) is 0 Å². The highest BCUT2D eigenvalue weighted by Gasteiger charge is 2.46. The predicted octanol–water partition coefficient (Wildman–Crippen LogP) is 1.35. The van der Waals surface area contributed by atoms with Crippen molar-refractivity contribution >= 4 is 0 Å². The largest absolute Gasteiger partial charge is 0.387 e. The maximum atomic E-state index is 10.6. The van der Waals surface area contributed by atoms with Gasteiger partial charge in [-0.1, -0.05) is 12.8 Å². The van der Waals surface area contributed by atoms with E-state index in [1.165, 1.54) is 51.5 Å². The van der Waals surface area contributed by atoms with Crippen molar-refractivity contribution in [2.45, 2.75) is 56.6 Å². The Labute approximate surface area is 104 Å². The molecule has 0 bridgehead atoms. The van der Waals surface area contributed by atoms with Crippen molar-refractivity contribution < 1.29 is 5.11 Å². The van der Waals surface area contributed by atoms with E-state index in [1.807, 2.05) is 0 Å². The van der Waals surface area contributed by atoms with Crippen LogP contribution in [-0.4, -0.2) is 41.3 Å². The fourth-order valence-corrected chi connectivity index (χ4v) is 4.03. The molecular formula is C14H26N2O. The van der Waals surface area contributed by atoms with Crippen molar-refractivity contribution in [3.63, 3.8) is 0 Å². The lowest BCUT2D eigenvalue weighted by Gasteiger charge is -2.37. The van der Waals surface area contributed by atoms with Gasteiger partial charge in [-0.15, -0.1) is 0 Å². The molecule has 2 aliphatic carbocycles. The molecule has 3 aliphatic rings. The lowest BCUT2D eigenvalue weighted by atomic mass is 9.85. The normalized spacial score (nSPS) is 37.8. The summed E-state index contributed by atoms with van der Waals surface area (Å²) in [5, 5.41) is 10.6. The van der Waals surface area contributed by atoms with E-state index in [2.05, 4.69) is 4.90 Å². The van der Waals surface area contributed by atoms with Gasteiger partial charge in [-0.3, -0.25) is 4.90 Å². The van der Waals surface area contributed by atoms with Crippen molar-refractivity contribution in [3.8, 4) is 0 Å². The second kappa shape index (κ2) is 4.52. The van der Waals surface area contributed by atoms with Crippen LogP contribution in [0.2, 0.25) is 0 Å². The highest BCUT2D eigenvalue weighted by molar-refractivity contribution is 5.00. The zero-order valence-electron chi connectivity index (χ0n) is 10.8. The minimum atomic E-state index is -0.591. The Morgan fingerprint density at radius 2 is 1.88 bits per heavy atom. The van der Waals surface area contributed by atoms with E-state index in [9.17, 15) is 5.11 Å². The van der Waals surface area contributed by atoms with E-state index in [0.717, 1.165) is 18.5 Å². The number of hydrogen-bond acceptors (Lipinski definition) is 3. The Kier molecular flexibility index (Phi) is 3.18. The van der Waals surface area contributed by atoms with Gasteiger partial charge in [-0.25, -0.2) is 0 Å². The minimum absolute atomic E-state index is 0.436. The molecule has 98 valence electrons. The van der Waals surface area contributed by atoms with Crippen molar-refractivity contribution in [2.75, 3.05) is 19.6 Å². The molecule has 3 N–H and O–H groups in total. The first kappa shape index (κ1) is 11.9. The van der Waals surface area contributed by atoms with Crippen molar-refractivity contribution in [3.05, 3.63) is 0 Å². The molecule has 1 heterocycles. The third-order valence-corrected chi connectivity index (χ3v) is 5.29. The smallest absolute Gasteiger partial charge is 0.0923 e. The third kappa shape index (κ3) is 2.25. The van der Waals surface area contributed by atoms with Crippen LogP contribution >= 0.6 is 0 Å². The van der Waals surface area contributed by atoms with E-state index in [4.69, 9.17) is 5.73 Å². The van der Waals surface area contributed by atoms with E-state index in [1.54, 1.807) is 0 Å². The minimum Gasteiger partial charge on any atom is -0.387 e. The number of hydrogen-bond donors (Lipinski definition) is 2. The van der Waals surface area contributed by atoms with Crippen molar-refractivity contribution in [1.82, 2.24) is 4.90 Å². The molecule has 0 spiro atoms. The van der Waals surface area contributed by atoms with E-state index < -0.39 is 5.60 Å². The third-order valence-electron chi connectivity index (χ3n) is 5.29. The standard InChI is InChI=1S/C14H26N2O/c15-9-14(17,12-5-6-12)10-16-8-7-11-3-1-2-4-13(11)16/h11-13,17H,1-10,15H2. The number of β-amino-alcohol motifs (C(OH)–C–C–N with tert-alkyl or cyclic N) is 1. The quantitative estimate of drug-likeness (QED) is 0.777. The van der Waals surface area contributed by atoms with Gasteiger partial charge < -0.3 is 10.8 Å². The lowest BCUT2D eigenvalue weighted by Crippen LogP contribution is -2.52. The topological polar surface area (TPSA) is 49.5 Å². The molecule has 3 fully saturated rings. The summed E-state index contributed by atoms with van der Waals surface area (Å²) < 4.78 is 0. The zero-order valence-corrected chi connectivity index (χ0v) is 10.8. The maximum absolute atomic E-state index is 10.6. The summed E-state index contributed by atoms with van der Waals surface area (Å²) >= 11 is 0. The van der Waals surface area contributed by atoms with Gasteiger partial charge in [0.25, 0.3) is 0 Å². The fraction of sp³-hybridized carbons (Fsp3) is 1.00. The van der Waals surface area contributed by atoms with Crippen LogP contribution in [0.25, 0.3) is 0 Å². The van der Waals surface area contributed by atoms with Crippen LogP contribution in [0.5, 0.6) is 0 Å². The first-order chi connectivity index (χ1) is 8.23. The van der Waals surface area contributed by atoms with E-state index >= 15 is 0 Å². The highest BCUT2D eigenvalue weighted by Crippen LogP contribution is 2.42. The Hall–Kier alpha value is -0.120. The number of nitrogens with zero attached hydrogens (tertiary/aromatic N) is 1. The lowest BCUT2D eigenvalue weighted by molar-refractivity contribution is -0.0164. The summed E-state index contributed by atoms with van der Waals surface area (Å²) in [6.45, 7) is 2.45. The van der Waals surface area contributed by atoms with Gasteiger partial charge in [0.15, 0.2) is 0 Å². The van der Waals surface area contributed by atoms with Crippen LogP contribution in [0.15, 0.2) is 0 Å². The highest BCUT2D eigenvalue weighted by atomic mass is 16.3. The number of nitrogens with two attached hydrogens (primary N) is 1. The van der Waals surface area contributed by atoms with Crippen LogP contribution < -0.4 is 5.73 Å². The summed E-state index contributed by atoms with van der Waals surface area (Å²) in [7, 11) is 0. The molecule has 0 aromatic heterocycles. The van der Waals surface area contributed by atoms with Gasteiger partial charge in [0, 0.05) is 19.1 Å². The summed E-state index contributed by atoms with van der Waals surface area (Å²) in [5.41, 5.74) is 5.23. The van der Waals surface area contributed by atoms with Gasteiger partial charge in [-0.2, -0.15) is 0 Å². The Balaban J connectivity index is 1.64. The van der Waals surface area contributed by atoms with E-state index in [-0.39, 0.29) is 0 Å². The van der Waals surface area contributed by atoms with E-state index in [0.29, 0.717) is 12.5 Å². The molecule has 1 saturated heterocycles. The average Bonchev–Trinajstić information content (AvgIpc) is 3.14. The molecule has 2 saturated carbocycles. The van der Waals surface area contributed by atoms with Gasteiger partial charge in [-0.05, 0) is 50.5 Å². The molecule has 3 heteroatoms. The second-order valence-corrected chi connectivity index (χ2v) is 6.45. The monoisotopic (exact) mass is 238 g/mol. The molecule has 0 aromatic carbocycles. The molecule has 1 aliphatic heterocycles. The average molecular weight is 238 g/mol. The van der Waals surface area contributed by atoms with Crippen LogP contribution in [0.1, 0.15) is 44.9 Å². The van der Waals surface area contributed by atoms with Gasteiger partial charge in [0.05, 0.1) is 5.60 Å². The molecule has 3 nitrogen and oxygen atoms in total. The molecule has 0 amide bonds. The van der Waals surface area contributed by atoms with Crippen LogP contribution in [0, 0.1) is 11.8 Å². The molecule has 0 aromatic rings. The van der Waals surface area contributed by atoms with Gasteiger partial charge in [0.1, 0.15) is 0 Å². The number of fused-ring (bicyclic) bond motifs is 1. The van der Waals surface area contributed by atoms with Crippen LogP contribution in [0.3, 0.4) is 0 Å². The Morgan fingerprint density at radius 1 is 1.12 bits per heavy atom. The Morgan fingerprint density at radius 3 is 2.59 bits per heavy atom. The molecule has 0 radical (unpaired) electrons. The van der Waals surface area contributed by atoms with Crippen molar-refractivity contribution in [1.29, 1.82) is 0 Å². The summed E-state index contributed by atoms with van der Waals surface area (Å²) in [5.74, 6) is 1.39. The number of aliphatic hydroxyl groups is 1. The number of rotatable bonds is 4. The molecule has 17 heavy (non-hydrogen) atoms. The Bertz CT molecular complexity index is 279. The molecule has 3 rings (SSSR count). The maximum Gasteiger partial charge on any atom is 0.0923 e. The predicted molar refractivity (Wildman–Crippen MR) is 68.7 cm³/mol. The van der Waals surface area contributed by atoms with Gasteiger partial charge >= 0.3 is 0 Å². The first-order valence-corrected chi connectivity index (χ1v) is 7.39. The zero-order chi connectivity index (χ0) is 11.9. The van der Waals surface area contributed by atoms with Crippen molar-refractivity contribution in [2.24, 2.45) is 17.6 Å².